The van der Waals surface area contributed by atoms with E-state index in [1.54, 1.807) is 0 Å². The van der Waals surface area contributed by atoms with Crippen LogP contribution >= 0.6 is 0 Å². The van der Waals surface area contributed by atoms with Gasteiger partial charge in [0.1, 0.15) is 0 Å². The molecule has 1 amide bonds. The minimum absolute atomic E-state index is 0.0847. The van der Waals surface area contributed by atoms with E-state index < -0.39 is 0 Å². The Labute approximate surface area is 85.6 Å². The van der Waals surface area contributed by atoms with E-state index in [1.165, 1.54) is 0 Å². The average molecular weight is 194 g/mol. The summed E-state index contributed by atoms with van der Waals surface area (Å²) in [6.07, 6.45) is 8.40. The van der Waals surface area contributed by atoms with Crippen LogP contribution in [0, 0.1) is 18.3 Å². The lowest BCUT2D eigenvalue weighted by atomic mass is 9.98. The van der Waals surface area contributed by atoms with Crippen LogP contribution in [-0.4, -0.2) is 25.5 Å². The largest absolute Gasteiger partial charge is 0.356 e. The second kappa shape index (κ2) is 6.44. The zero-order valence-electron chi connectivity index (χ0n) is 8.51. The van der Waals surface area contributed by atoms with Crippen molar-refractivity contribution in [3.05, 3.63) is 0 Å². The monoisotopic (exact) mass is 194 g/mol. The summed E-state index contributed by atoms with van der Waals surface area (Å²) in [5.74, 6) is 3.19. The molecule has 1 rings (SSSR count). The van der Waals surface area contributed by atoms with Crippen molar-refractivity contribution < 1.29 is 4.79 Å². The Kier molecular flexibility index (Phi) is 5.09. The topological polar surface area (TPSA) is 41.1 Å². The smallest absolute Gasteiger partial charge is 0.220 e. The third-order valence-corrected chi connectivity index (χ3v) is 2.54. The van der Waals surface area contributed by atoms with Crippen molar-refractivity contribution in [1.29, 1.82) is 0 Å². The number of nitrogens with one attached hydrogen (secondary N) is 2. The molecule has 1 aliphatic rings. The lowest BCUT2D eigenvalue weighted by Gasteiger charge is -2.22. The molecule has 78 valence electrons. The molecular weight excluding hydrogens is 176 g/mol. The van der Waals surface area contributed by atoms with Crippen molar-refractivity contribution >= 4 is 5.91 Å². The molecule has 3 heteroatoms. The fourth-order valence-corrected chi connectivity index (χ4v) is 1.62. The lowest BCUT2D eigenvalue weighted by molar-refractivity contribution is -0.121. The molecule has 0 unspecified atom stereocenters. The molecule has 1 aliphatic heterocycles. The number of carbonyl (C=O) groups excluding carboxylic acids is 1. The van der Waals surface area contributed by atoms with Gasteiger partial charge in [0, 0.05) is 19.4 Å². The van der Waals surface area contributed by atoms with Crippen LogP contribution in [0.15, 0.2) is 0 Å². The van der Waals surface area contributed by atoms with Crippen molar-refractivity contribution in [2.24, 2.45) is 5.92 Å². The second-order valence-corrected chi connectivity index (χ2v) is 3.70. The molecule has 0 saturated carbocycles. The first-order valence-corrected chi connectivity index (χ1v) is 5.24. The van der Waals surface area contributed by atoms with E-state index in [9.17, 15) is 4.79 Å². The van der Waals surface area contributed by atoms with Crippen LogP contribution in [0.3, 0.4) is 0 Å². The molecule has 3 nitrogen and oxygen atoms in total. The summed E-state index contributed by atoms with van der Waals surface area (Å²) < 4.78 is 0. The number of hydrogen-bond donors (Lipinski definition) is 2. The fourth-order valence-electron chi connectivity index (χ4n) is 1.62. The Morgan fingerprint density at radius 1 is 1.50 bits per heavy atom. The van der Waals surface area contributed by atoms with Gasteiger partial charge < -0.3 is 10.6 Å². The van der Waals surface area contributed by atoms with Crippen LogP contribution < -0.4 is 10.6 Å². The highest BCUT2D eigenvalue weighted by molar-refractivity contribution is 5.76. The van der Waals surface area contributed by atoms with Gasteiger partial charge in [-0.25, -0.2) is 0 Å². The third-order valence-electron chi connectivity index (χ3n) is 2.54. The molecule has 1 heterocycles. The summed E-state index contributed by atoms with van der Waals surface area (Å²) in [5.41, 5.74) is 0. The van der Waals surface area contributed by atoms with Crippen molar-refractivity contribution in [3.8, 4) is 12.3 Å². The zero-order valence-corrected chi connectivity index (χ0v) is 8.51. The van der Waals surface area contributed by atoms with E-state index >= 15 is 0 Å². The number of terminal acetylenes is 1. The molecule has 0 atom stereocenters. The Morgan fingerprint density at radius 3 is 2.86 bits per heavy atom. The zero-order chi connectivity index (χ0) is 10.2. The molecular formula is C11H18N2O. The Morgan fingerprint density at radius 2 is 2.21 bits per heavy atom. The van der Waals surface area contributed by atoms with Gasteiger partial charge in [-0.1, -0.05) is 0 Å². The highest BCUT2D eigenvalue weighted by atomic mass is 16.1. The van der Waals surface area contributed by atoms with Gasteiger partial charge in [-0.05, 0) is 31.8 Å². The molecule has 1 fully saturated rings. The molecule has 0 aromatic heterocycles. The van der Waals surface area contributed by atoms with Crippen molar-refractivity contribution in [1.82, 2.24) is 10.6 Å². The van der Waals surface area contributed by atoms with Crippen molar-refractivity contribution in [2.45, 2.75) is 25.7 Å². The SMILES string of the molecule is C#CCCC(=O)NCC1CCNCC1. The number of hydrogen-bond acceptors (Lipinski definition) is 2. The quantitative estimate of drug-likeness (QED) is 0.640. The maximum Gasteiger partial charge on any atom is 0.220 e. The molecule has 0 aromatic rings. The normalized spacial score (nSPS) is 17.4. The predicted molar refractivity (Wildman–Crippen MR) is 56.7 cm³/mol. The fraction of sp³-hybridized carbons (Fsp3) is 0.727. The van der Waals surface area contributed by atoms with Gasteiger partial charge in [-0.15, -0.1) is 12.3 Å². The number of piperidine rings is 1. The third kappa shape index (κ3) is 4.29. The van der Waals surface area contributed by atoms with Gasteiger partial charge in [0.2, 0.25) is 5.91 Å². The van der Waals surface area contributed by atoms with Crippen LogP contribution in [0.5, 0.6) is 0 Å². The average Bonchev–Trinajstić information content (AvgIpc) is 2.25. The summed E-state index contributed by atoms with van der Waals surface area (Å²) in [4.78, 5) is 11.2. The molecule has 0 spiro atoms. The molecule has 0 aliphatic carbocycles. The van der Waals surface area contributed by atoms with E-state index in [0.717, 1.165) is 32.5 Å². The molecule has 0 aromatic carbocycles. The first-order chi connectivity index (χ1) is 6.83. The summed E-state index contributed by atoms with van der Waals surface area (Å²) in [6.45, 7) is 2.96. The van der Waals surface area contributed by atoms with E-state index in [-0.39, 0.29) is 5.91 Å². The highest BCUT2D eigenvalue weighted by Crippen LogP contribution is 2.09. The van der Waals surface area contributed by atoms with Gasteiger partial charge in [0.15, 0.2) is 0 Å². The van der Waals surface area contributed by atoms with Crippen LogP contribution in [-0.2, 0) is 4.79 Å². The number of rotatable bonds is 4. The molecule has 14 heavy (non-hydrogen) atoms. The summed E-state index contributed by atoms with van der Waals surface area (Å²) in [6, 6.07) is 0. The van der Waals surface area contributed by atoms with E-state index in [4.69, 9.17) is 6.42 Å². The Balaban J connectivity index is 2.07. The summed E-state index contributed by atoms with van der Waals surface area (Å²) >= 11 is 0. The summed E-state index contributed by atoms with van der Waals surface area (Å²) in [5, 5.41) is 6.22. The maximum atomic E-state index is 11.2. The Hall–Kier alpha value is -1.01. The highest BCUT2D eigenvalue weighted by Gasteiger charge is 2.13. The van der Waals surface area contributed by atoms with Crippen LogP contribution in [0.1, 0.15) is 25.7 Å². The van der Waals surface area contributed by atoms with Crippen LogP contribution in [0.2, 0.25) is 0 Å². The minimum Gasteiger partial charge on any atom is -0.356 e. The second-order valence-electron chi connectivity index (χ2n) is 3.70. The molecule has 1 saturated heterocycles. The number of carbonyl (C=O) groups is 1. The predicted octanol–water partition coefficient (Wildman–Crippen LogP) is 0.516. The van der Waals surface area contributed by atoms with Crippen molar-refractivity contribution in [2.75, 3.05) is 19.6 Å². The van der Waals surface area contributed by atoms with Crippen LogP contribution in [0.4, 0.5) is 0 Å². The van der Waals surface area contributed by atoms with Gasteiger partial charge in [-0.3, -0.25) is 4.79 Å². The van der Waals surface area contributed by atoms with Gasteiger partial charge in [0.25, 0.3) is 0 Å². The first-order valence-electron chi connectivity index (χ1n) is 5.24. The Bertz CT molecular complexity index is 214. The van der Waals surface area contributed by atoms with Gasteiger partial charge >= 0.3 is 0 Å². The van der Waals surface area contributed by atoms with Crippen LogP contribution in [0.25, 0.3) is 0 Å². The molecule has 0 radical (unpaired) electrons. The van der Waals surface area contributed by atoms with E-state index in [1.807, 2.05) is 0 Å². The van der Waals surface area contributed by atoms with Gasteiger partial charge in [0.05, 0.1) is 0 Å². The van der Waals surface area contributed by atoms with E-state index in [2.05, 4.69) is 16.6 Å². The minimum atomic E-state index is 0.0847. The molecule has 2 N–H and O–H groups in total. The van der Waals surface area contributed by atoms with Gasteiger partial charge in [-0.2, -0.15) is 0 Å². The maximum absolute atomic E-state index is 11.2. The summed E-state index contributed by atoms with van der Waals surface area (Å²) in [7, 11) is 0. The standard InChI is InChI=1S/C11H18N2O/c1-2-3-4-11(14)13-9-10-5-7-12-8-6-10/h1,10,12H,3-9H2,(H,13,14). The lowest BCUT2D eigenvalue weighted by Crippen LogP contribution is -2.35. The first kappa shape index (κ1) is 11.1. The molecule has 0 bridgehead atoms. The van der Waals surface area contributed by atoms with E-state index in [0.29, 0.717) is 18.8 Å². The van der Waals surface area contributed by atoms with Crippen molar-refractivity contribution in [3.63, 3.8) is 0 Å². The number of amides is 1.